The molecule has 3 aliphatic heterocycles. The van der Waals surface area contributed by atoms with Gasteiger partial charge in [-0.05, 0) is 304 Å². The highest BCUT2D eigenvalue weighted by Crippen LogP contribution is 2.43. The maximum atomic E-state index is 12.6. The van der Waals surface area contributed by atoms with Crippen LogP contribution < -0.4 is 20.7 Å². The van der Waals surface area contributed by atoms with E-state index in [1.165, 1.54) is 99.7 Å². The average molecular weight is 1730 g/mol. The number of halogens is 3. The van der Waals surface area contributed by atoms with Gasteiger partial charge in [-0.15, -0.1) is 0 Å². The molecule has 19 nitrogen and oxygen atoms in total. The van der Waals surface area contributed by atoms with Gasteiger partial charge in [-0.25, -0.2) is 29.9 Å². The normalized spacial score (nSPS) is 18.8. The highest BCUT2D eigenvalue weighted by Gasteiger charge is 2.42. The van der Waals surface area contributed by atoms with E-state index in [-0.39, 0.29) is 12.4 Å². The maximum Gasteiger partial charge on any atom is 0.227 e. The molecular formula is C95H115Br2ClN12O7. The number of aromatic nitrogens is 6. The number of nitrogens with one attached hydrogen (secondary N) is 3. The topological polar surface area (TPSA) is 222 Å². The van der Waals surface area contributed by atoms with E-state index >= 15 is 0 Å². The first kappa shape index (κ1) is 86.6. The summed E-state index contributed by atoms with van der Waals surface area (Å²) in [7, 11) is 5.21. The molecule has 9 aromatic rings. The number of carbonyl (C=O) groups excluding carboxylic acids is 3. The monoisotopic (exact) mass is 1730 g/mol. The molecule has 3 aliphatic carbocycles. The highest BCUT2D eigenvalue weighted by atomic mass is 79.9. The Hall–Kier alpha value is -8.22. The Morgan fingerprint density at radius 3 is 1.21 bits per heavy atom. The second kappa shape index (κ2) is 38.9. The number of hydrogen-bond acceptors (Lipinski definition) is 19. The van der Waals surface area contributed by atoms with Crippen molar-refractivity contribution in [2.75, 3.05) is 116 Å². The lowest BCUT2D eigenvalue weighted by Crippen LogP contribution is -2.36. The molecule has 0 spiro atoms. The summed E-state index contributed by atoms with van der Waals surface area (Å²) >= 11 is 13.8. The van der Waals surface area contributed by atoms with Crippen molar-refractivity contribution in [1.82, 2.24) is 44.6 Å². The number of aliphatic hydroxyl groups excluding tert-OH is 1. The number of Topliss-reactive ketones (excluding diaryl/α,β-unsaturated/α-hetero) is 3. The van der Waals surface area contributed by atoms with Crippen LogP contribution in [0.4, 0.5) is 34.9 Å². The predicted octanol–water partition coefficient (Wildman–Crippen LogP) is 17.9. The third-order valence-corrected chi connectivity index (χ3v) is 26.8. The van der Waals surface area contributed by atoms with Gasteiger partial charge in [0, 0.05) is 113 Å². The first-order valence-corrected chi connectivity index (χ1v) is 43.7. The fraction of sp³-hybridized carbons (Fsp3) is 0.463. The fourth-order valence-electron chi connectivity index (χ4n) is 18.5. The number of ether oxygens (including phenoxy) is 3. The number of carbonyl (C=O) groups is 3. The van der Waals surface area contributed by atoms with E-state index in [4.69, 9.17) is 40.8 Å². The molecule has 0 bridgehead atoms. The summed E-state index contributed by atoms with van der Waals surface area (Å²) < 4.78 is 18.1. The van der Waals surface area contributed by atoms with Gasteiger partial charge in [0.15, 0.2) is 0 Å². The van der Waals surface area contributed by atoms with Gasteiger partial charge in [0.2, 0.25) is 17.8 Å². The number of nitrogens with zero attached hydrogens (tertiary/aromatic N) is 9. The molecule has 0 amide bonds. The van der Waals surface area contributed by atoms with Gasteiger partial charge >= 0.3 is 0 Å². The SMILES string of the molecule is COCCN1CCCC(c2ccc(Nc3ncc(Cl)c(CCc4cccc5c4C(C)(C)C(=O)C5)n3)c(OC)c2)C1.COCCN1CCC[C@H](c2ccc(Nc3ncc(Br)c(CCc4cccc5c4C(C)(C)C(=O)C5)n3)c(C)c2)C1.Cc1cc(C2CCCN(CCO)C2)ccc1Nc1ncc(Br)c(CCc2cccc3c2C(C)(C)C(=O)C3)n1. The Morgan fingerprint density at radius 2 is 0.829 bits per heavy atom. The lowest BCUT2D eigenvalue weighted by Gasteiger charge is -2.33. The fourth-order valence-corrected chi connectivity index (χ4v) is 19.4. The number of β-amino-alcohol motifs (C(OH)–C–C–N with tert-alkyl or cyclic N) is 1. The van der Waals surface area contributed by atoms with Crippen molar-refractivity contribution in [3.63, 3.8) is 0 Å². The minimum atomic E-state index is -0.462. The van der Waals surface area contributed by atoms with Crippen molar-refractivity contribution in [3.05, 3.63) is 237 Å². The van der Waals surface area contributed by atoms with Gasteiger partial charge in [-0.3, -0.25) is 14.4 Å². The molecule has 15 rings (SSSR count). The summed E-state index contributed by atoms with van der Waals surface area (Å²) in [6.45, 7) is 27.4. The Bertz CT molecular complexity index is 5050. The molecule has 6 aromatic carbocycles. The van der Waals surface area contributed by atoms with Crippen LogP contribution in [-0.4, -0.2) is 167 Å². The Kier molecular flexibility index (Phi) is 28.8. The van der Waals surface area contributed by atoms with E-state index in [1.54, 1.807) is 27.5 Å². The summed E-state index contributed by atoms with van der Waals surface area (Å²) in [5, 5.41) is 20.1. The van der Waals surface area contributed by atoms with Crippen LogP contribution in [0, 0.1) is 13.8 Å². The van der Waals surface area contributed by atoms with Crippen LogP contribution in [0.5, 0.6) is 5.75 Å². The molecule has 117 heavy (non-hydrogen) atoms. The molecule has 618 valence electrons. The number of methoxy groups -OCH3 is 3. The van der Waals surface area contributed by atoms with Crippen molar-refractivity contribution in [3.8, 4) is 5.75 Å². The molecule has 3 aromatic heterocycles. The number of fused-ring (bicyclic) bond motifs is 3. The molecule has 3 fully saturated rings. The van der Waals surface area contributed by atoms with E-state index in [2.05, 4.69) is 188 Å². The number of rotatable bonds is 27. The van der Waals surface area contributed by atoms with E-state index in [9.17, 15) is 19.5 Å². The zero-order chi connectivity index (χ0) is 82.7. The number of likely N-dealkylation sites (tertiary alicyclic amines) is 3. The van der Waals surface area contributed by atoms with E-state index in [1.807, 2.05) is 66.1 Å². The summed E-state index contributed by atoms with van der Waals surface area (Å²) in [5.41, 5.74) is 21.3. The first-order valence-electron chi connectivity index (χ1n) is 41.8. The van der Waals surface area contributed by atoms with Gasteiger partial charge in [0.1, 0.15) is 23.1 Å². The lowest BCUT2D eigenvalue weighted by molar-refractivity contribution is -0.122. The number of anilines is 6. The van der Waals surface area contributed by atoms with Crippen LogP contribution in [0.25, 0.3) is 0 Å². The zero-order valence-electron chi connectivity index (χ0n) is 70.0. The maximum absolute atomic E-state index is 12.6. The standard InChI is InChI=1S/C32H39BrN4O2.C32H39ClN4O3.C31H37BrN4O2/c1-21-17-23(25-9-6-14-37(20-25)15-16-39-4)11-12-27(21)35-31-34-19-26(33)28(36-31)13-10-22-7-5-8-24-18-29(38)32(2,3)30(22)24;1-32(2)29(38)18-23-8-5-7-21(30(23)32)10-12-26-25(33)19-34-31(35-26)36-27-13-11-22(17-28(27)40-4)24-9-6-14-37(20-24)15-16-39-3;1-20-16-22(24-8-5-13-36(19-24)14-15-37)10-11-26(20)34-30-33-18-25(32)27(35-30)12-9-21-6-4-7-23-17-28(38)31(2,3)29(21)23/h5,7-8,11-12,17,19,25H,6,9-10,13-16,18,20H2,1-4H3,(H,34,35,36);5,7-8,11,13,17,19,24H,6,9-10,12,14-16,18,20H2,1-4H3,(H,34,35,36);4,6-7,10-11,16,18,24,37H,5,8-9,12-15,17,19H2,1-3H3,(H,33,34,35)/t25-;;/m0../s1. The molecule has 2 unspecified atom stereocenters. The largest absolute Gasteiger partial charge is 0.495 e. The molecule has 22 heteroatoms. The summed E-state index contributed by atoms with van der Waals surface area (Å²) in [4.78, 5) is 73.1. The van der Waals surface area contributed by atoms with Crippen molar-refractivity contribution in [1.29, 1.82) is 0 Å². The second-order valence-electron chi connectivity index (χ2n) is 34.1. The van der Waals surface area contributed by atoms with E-state index in [0.717, 1.165) is 170 Å². The second-order valence-corrected chi connectivity index (χ2v) is 36.2. The summed E-state index contributed by atoms with van der Waals surface area (Å²) in [6, 6.07) is 38.5. The number of hydrogen-bond donors (Lipinski definition) is 4. The van der Waals surface area contributed by atoms with Crippen LogP contribution in [0.2, 0.25) is 5.02 Å². The average Bonchev–Trinajstić information content (AvgIpc) is 1.62. The molecule has 3 saturated heterocycles. The Balaban J connectivity index is 0.000000152. The highest BCUT2D eigenvalue weighted by molar-refractivity contribution is 9.10. The molecule has 4 N–H and O–H groups in total. The van der Waals surface area contributed by atoms with Gasteiger partial charge in [-0.1, -0.05) is 96.5 Å². The zero-order valence-corrected chi connectivity index (χ0v) is 73.9. The lowest BCUT2D eigenvalue weighted by atomic mass is 9.81. The molecule has 0 saturated carbocycles. The third kappa shape index (κ3) is 20.6. The smallest absolute Gasteiger partial charge is 0.227 e. The Morgan fingerprint density at radius 1 is 0.470 bits per heavy atom. The summed E-state index contributed by atoms with van der Waals surface area (Å²) in [5.74, 6) is 4.80. The molecule has 0 radical (unpaired) electrons. The van der Waals surface area contributed by atoms with Gasteiger partial charge in [-0.2, -0.15) is 0 Å². The number of aliphatic hydroxyl groups is 1. The number of aryl methyl sites for hydroxylation is 8. The Labute approximate surface area is 713 Å². The quantitative estimate of drug-likeness (QED) is 0.0376. The predicted molar refractivity (Wildman–Crippen MR) is 475 cm³/mol. The van der Waals surface area contributed by atoms with Crippen LogP contribution in [-0.2, 0) is 97.9 Å². The molecule has 6 heterocycles. The minimum Gasteiger partial charge on any atom is -0.495 e. The van der Waals surface area contributed by atoms with Gasteiger partial charge in [0.05, 0.1) is 69.9 Å². The van der Waals surface area contributed by atoms with Crippen molar-refractivity contribution in [2.24, 2.45) is 0 Å². The molecule has 6 aliphatic rings. The minimum absolute atomic E-state index is 0.217. The van der Waals surface area contributed by atoms with E-state index < -0.39 is 16.2 Å². The summed E-state index contributed by atoms with van der Waals surface area (Å²) in [6.07, 6.45) is 18.6. The van der Waals surface area contributed by atoms with Crippen LogP contribution in [0.3, 0.4) is 0 Å². The van der Waals surface area contributed by atoms with Crippen LogP contribution >= 0.6 is 43.5 Å². The van der Waals surface area contributed by atoms with Crippen molar-refractivity contribution in [2.45, 2.75) is 186 Å². The van der Waals surface area contributed by atoms with E-state index in [0.29, 0.717) is 77.9 Å². The number of ketones is 3. The van der Waals surface area contributed by atoms with Crippen LogP contribution in [0.15, 0.2) is 137 Å². The number of piperidine rings is 3. The van der Waals surface area contributed by atoms with Crippen molar-refractivity contribution >= 4 is 95.7 Å². The molecular weight excluding hydrogens is 1620 g/mol. The first-order chi connectivity index (χ1) is 56.3. The van der Waals surface area contributed by atoms with Gasteiger partial charge in [0.25, 0.3) is 0 Å². The van der Waals surface area contributed by atoms with Crippen LogP contribution in [0.1, 0.15) is 193 Å². The third-order valence-electron chi connectivity index (χ3n) is 25.1. The van der Waals surface area contributed by atoms with Gasteiger partial charge < -0.3 is 50.0 Å². The molecule has 3 atom stereocenters. The number of benzene rings is 6. The van der Waals surface area contributed by atoms with Crippen molar-refractivity contribution < 1.29 is 33.7 Å².